The standard InChI is InChI=1S/C25H23N3O5.C2H6/c29-21-3-1-2-18(8-9-21)22-13-20(12-17-10-11-33-15-17)27-23(22)25(31)26-14-16-4-6-19(7-5-16)24(30)28-32;1-2/h1-2,4-11,13,15,27,29,32H,3,12,14H2,(H,26,31)(H,28,30);1-2H3. The molecule has 1 aliphatic rings. The molecular weight excluding hydrogens is 446 g/mol. The highest BCUT2D eigenvalue weighted by Gasteiger charge is 2.18. The van der Waals surface area contributed by atoms with Gasteiger partial charge in [-0.25, -0.2) is 5.48 Å². The van der Waals surface area contributed by atoms with Crippen LogP contribution in [0.3, 0.4) is 0 Å². The molecule has 8 heteroatoms. The molecule has 35 heavy (non-hydrogen) atoms. The number of hydrogen-bond donors (Lipinski definition) is 5. The smallest absolute Gasteiger partial charge is 0.274 e. The van der Waals surface area contributed by atoms with Crippen molar-refractivity contribution in [2.45, 2.75) is 33.2 Å². The molecule has 0 saturated heterocycles. The number of amides is 2. The van der Waals surface area contributed by atoms with Gasteiger partial charge in [0, 0.05) is 36.2 Å². The van der Waals surface area contributed by atoms with E-state index < -0.39 is 5.91 Å². The lowest BCUT2D eigenvalue weighted by Gasteiger charge is -2.08. The first-order valence-electron chi connectivity index (χ1n) is 11.3. The summed E-state index contributed by atoms with van der Waals surface area (Å²) in [5.41, 5.74) is 6.46. The van der Waals surface area contributed by atoms with Crippen molar-refractivity contribution in [3.63, 3.8) is 0 Å². The number of hydrogen-bond acceptors (Lipinski definition) is 5. The summed E-state index contributed by atoms with van der Waals surface area (Å²) in [6.45, 7) is 4.25. The van der Waals surface area contributed by atoms with Crippen LogP contribution in [0.2, 0.25) is 0 Å². The van der Waals surface area contributed by atoms with E-state index in [2.05, 4.69) is 10.3 Å². The monoisotopic (exact) mass is 475 g/mol. The minimum Gasteiger partial charge on any atom is -0.512 e. The Balaban J connectivity index is 0.00000167. The highest BCUT2D eigenvalue weighted by Crippen LogP contribution is 2.26. The van der Waals surface area contributed by atoms with Gasteiger partial charge < -0.3 is 19.8 Å². The SMILES string of the molecule is CC.O=C(NO)c1ccc(CNC(=O)c2[nH]c(Cc3ccoc3)cc2C2=CC=C(O)CC=C2)cc1. The van der Waals surface area contributed by atoms with Crippen LogP contribution in [-0.2, 0) is 13.0 Å². The van der Waals surface area contributed by atoms with Gasteiger partial charge >= 0.3 is 0 Å². The van der Waals surface area contributed by atoms with Crippen LogP contribution in [0.25, 0.3) is 5.57 Å². The van der Waals surface area contributed by atoms with Crippen LogP contribution in [0.4, 0.5) is 0 Å². The molecule has 2 heterocycles. The molecule has 0 aliphatic heterocycles. The van der Waals surface area contributed by atoms with Crippen LogP contribution in [0.1, 0.15) is 63.5 Å². The van der Waals surface area contributed by atoms with Gasteiger partial charge in [-0.3, -0.25) is 14.8 Å². The topological polar surface area (TPSA) is 128 Å². The predicted octanol–water partition coefficient (Wildman–Crippen LogP) is 5.06. The summed E-state index contributed by atoms with van der Waals surface area (Å²) < 4.78 is 5.14. The van der Waals surface area contributed by atoms with Crippen molar-refractivity contribution in [2.24, 2.45) is 0 Å². The number of aliphatic hydroxyl groups excluding tert-OH is 1. The number of carbonyl (C=O) groups excluding carboxylic acids is 2. The molecular formula is C27H29N3O5. The number of aromatic amines is 1. The van der Waals surface area contributed by atoms with Gasteiger partial charge in [0.25, 0.3) is 11.8 Å². The van der Waals surface area contributed by atoms with E-state index in [9.17, 15) is 14.7 Å². The molecule has 0 fully saturated rings. The van der Waals surface area contributed by atoms with Gasteiger partial charge in [0.15, 0.2) is 0 Å². The summed E-state index contributed by atoms with van der Waals surface area (Å²) in [6, 6.07) is 10.3. The van der Waals surface area contributed by atoms with Crippen LogP contribution >= 0.6 is 0 Å². The molecule has 8 nitrogen and oxygen atoms in total. The predicted molar refractivity (Wildman–Crippen MR) is 133 cm³/mol. The van der Waals surface area contributed by atoms with Crippen LogP contribution in [-0.4, -0.2) is 27.1 Å². The third kappa shape index (κ3) is 6.61. The van der Waals surface area contributed by atoms with E-state index >= 15 is 0 Å². The van der Waals surface area contributed by atoms with E-state index in [0.717, 1.165) is 28.0 Å². The van der Waals surface area contributed by atoms with E-state index in [-0.39, 0.29) is 18.2 Å². The molecule has 3 aromatic rings. The minimum absolute atomic E-state index is 0.250. The number of benzene rings is 1. The van der Waals surface area contributed by atoms with Gasteiger partial charge in [-0.1, -0.05) is 44.2 Å². The Bertz CT molecular complexity index is 1230. The number of furan rings is 1. The zero-order valence-corrected chi connectivity index (χ0v) is 19.7. The van der Waals surface area contributed by atoms with Crippen molar-refractivity contribution < 1.29 is 24.3 Å². The number of hydroxylamine groups is 1. The second-order valence-corrected chi connectivity index (χ2v) is 7.60. The number of rotatable bonds is 7. The number of carbonyl (C=O) groups is 2. The first-order valence-corrected chi connectivity index (χ1v) is 11.3. The normalized spacial score (nSPS) is 12.5. The van der Waals surface area contributed by atoms with Gasteiger partial charge in [0.05, 0.1) is 18.3 Å². The van der Waals surface area contributed by atoms with E-state index in [1.165, 1.54) is 0 Å². The quantitative estimate of drug-likeness (QED) is 0.241. The number of allylic oxidation sites excluding steroid dienone is 5. The zero-order chi connectivity index (χ0) is 25.2. The first kappa shape index (κ1) is 25.3. The summed E-state index contributed by atoms with van der Waals surface area (Å²) >= 11 is 0. The lowest BCUT2D eigenvalue weighted by Crippen LogP contribution is -2.24. The molecule has 1 aromatic carbocycles. The fraction of sp³-hybridized carbons (Fsp3) is 0.185. The molecule has 0 atom stereocenters. The van der Waals surface area contributed by atoms with Gasteiger partial charge in [-0.05, 0) is 47.0 Å². The minimum atomic E-state index is -0.600. The molecule has 0 unspecified atom stereocenters. The summed E-state index contributed by atoms with van der Waals surface area (Å²) in [6.07, 6.45) is 11.4. The van der Waals surface area contributed by atoms with Crippen LogP contribution < -0.4 is 10.8 Å². The Kier molecular flexibility index (Phi) is 8.86. The van der Waals surface area contributed by atoms with Crippen molar-refractivity contribution in [3.8, 4) is 0 Å². The van der Waals surface area contributed by atoms with Crippen LogP contribution in [0.15, 0.2) is 83.4 Å². The summed E-state index contributed by atoms with van der Waals surface area (Å²) in [7, 11) is 0. The van der Waals surface area contributed by atoms with Crippen molar-refractivity contribution in [2.75, 3.05) is 0 Å². The van der Waals surface area contributed by atoms with Crippen molar-refractivity contribution in [3.05, 3.63) is 113 Å². The third-order valence-electron chi connectivity index (χ3n) is 5.24. The maximum Gasteiger partial charge on any atom is 0.274 e. The van der Waals surface area contributed by atoms with Gasteiger partial charge in [-0.15, -0.1) is 0 Å². The lowest BCUT2D eigenvalue weighted by molar-refractivity contribution is 0.0706. The molecule has 5 N–H and O–H groups in total. The molecule has 0 bridgehead atoms. The van der Waals surface area contributed by atoms with E-state index in [0.29, 0.717) is 24.1 Å². The van der Waals surface area contributed by atoms with Gasteiger partial charge in [-0.2, -0.15) is 0 Å². The first-order chi connectivity index (χ1) is 17.0. The van der Waals surface area contributed by atoms with E-state index in [1.54, 1.807) is 54.4 Å². The number of aromatic nitrogens is 1. The molecule has 182 valence electrons. The Hall–Kier alpha value is -4.30. The van der Waals surface area contributed by atoms with E-state index in [4.69, 9.17) is 9.62 Å². The Morgan fingerprint density at radius 2 is 1.83 bits per heavy atom. The van der Waals surface area contributed by atoms with Crippen molar-refractivity contribution >= 4 is 17.4 Å². The Labute approximate surface area is 203 Å². The molecule has 2 aromatic heterocycles. The van der Waals surface area contributed by atoms with E-state index in [1.807, 2.05) is 38.1 Å². The molecule has 2 amide bonds. The molecule has 1 aliphatic carbocycles. The van der Waals surface area contributed by atoms with Crippen LogP contribution in [0.5, 0.6) is 0 Å². The maximum atomic E-state index is 13.1. The molecule has 0 radical (unpaired) electrons. The number of aliphatic hydroxyl groups is 1. The Morgan fingerprint density at radius 1 is 1.06 bits per heavy atom. The lowest BCUT2D eigenvalue weighted by atomic mass is 10.0. The summed E-state index contributed by atoms with van der Waals surface area (Å²) in [5, 5.41) is 21.4. The number of H-pyrrole nitrogens is 1. The molecule has 4 rings (SSSR count). The maximum absolute atomic E-state index is 13.1. The summed E-state index contributed by atoms with van der Waals surface area (Å²) in [4.78, 5) is 27.8. The second-order valence-electron chi connectivity index (χ2n) is 7.60. The molecule has 0 spiro atoms. The van der Waals surface area contributed by atoms with Gasteiger partial charge in [0.2, 0.25) is 0 Å². The second kappa shape index (κ2) is 12.2. The average Bonchev–Trinajstić information content (AvgIpc) is 3.50. The third-order valence-corrected chi connectivity index (χ3v) is 5.24. The van der Waals surface area contributed by atoms with Crippen LogP contribution in [0, 0.1) is 0 Å². The highest BCUT2D eigenvalue weighted by atomic mass is 16.5. The average molecular weight is 476 g/mol. The molecule has 0 saturated carbocycles. The van der Waals surface area contributed by atoms with Crippen molar-refractivity contribution in [1.29, 1.82) is 0 Å². The fourth-order valence-electron chi connectivity index (χ4n) is 3.53. The summed E-state index contributed by atoms with van der Waals surface area (Å²) in [5.74, 6) is -0.635. The highest BCUT2D eigenvalue weighted by molar-refractivity contribution is 5.99. The fourth-order valence-corrected chi connectivity index (χ4v) is 3.53. The largest absolute Gasteiger partial charge is 0.512 e. The van der Waals surface area contributed by atoms with Gasteiger partial charge in [0.1, 0.15) is 5.69 Å². The van der Waals surface area contributed by atoms with Crippen molar-refractivity contribution in [1.82, 2.24) is 15.8 Å². The number of nitrogens with one attached hydrogen (secondary N) is 3. The zero-order valence-electron chi connectivity index (χ0n) is 19.7. The Morgan fingerprint density at radius 3 is 2.51 bits per heavy atom.